The van der Waals surface area contributed by atoms with Crippen molar-refractivity contribution in [3.05, 3.63) is 73.7 Å². The lowest BCUT2D eigenvalue weighted by Crippen LogP contribution is -2.46. The van der Waals surface area contributed by atoms with E-state index in [0.29, 0.717) is 12.0 Å². The molecule has 2 aromatic rings. The Bertz CT molecular complexity index is 808. The van der Waals surface area contributed by atoms with Crippen LogP contribution in [0, 0.1) is 16.0 Å². The van der Waals surface area contributed by atoms with Gasteiger partial charge in [0.2, 0.25) is 0 Å². The first kappa shape index (κ1) is 16.7. The van der Waals surface area contributed by atoms with Crippen LogP contribution in [0.15, 0.2) is 46.9 Å². The number of fused-ring (bicyclic) bond motifs is 2. The van der Waals surface area contributed by atoms with Crippen molar-refractivity contribution in [2.45, 2.75) is 38.3 Å². The monoisotopic (exact) mass is 400 g/mol. The Labute approximate surface area is 156 Å². The van der Waals surface area contributed by atoms with E-state index in [1.165, 1.54) is 29.5 Å². The first-order valence-corrected chi connectivity index (χ1v) is 9.62. The third-order valence-corrected chi connectivity index (χ3v) is 6.05. The van der Waals surface area contributed by atoms with Gasteiger partial charge in [-0.2, -0.15) is 0 Å². The number of non-ortho nitro benzene ring substituents is 1. The van der Waals surface area contributed by atoms with E-state index in [-0.39, 0.29) is 10.6 Å². The van der Waals surface area contributed by atoms with Crippen LogP contribution >= 0.6 is 15.9 Å². The van der Waals surface area contributed by atoms with Crippen molar-refractivity contribution in [1.29, 1.82) is 0 Å². The highest BCUT2D eigenvalue weighted by atomic mass is 79.9. The van der Waals surface area contributed by atoms with Gasteiger partial charge in [-0.15, -0.1) is 0 Å². The fourth-order valence-electron chi connectivity index (χ4n) is 4.32. The first-order chi connectivity index (χ1) is 12.1. The van der Waals surface area contributed by atoms with Crippen molar-refractivity contribution in [2.75, 3.05) is 6.54 Å². The van der Waals surface area contributed by atoms with Crippen molar-refractivity contribution in [2.24, 2.45) is 5.92 Å². The van der Waals surface area contributed by atoms with Crippen LogP contribution in [0.2, 0.25) is 0 Å². The van der Waals surface area contributed by atoms with Gasteiger partial charge in [0, 0.05) is 35.7 Å². The molecule has 1 fully saturated rings. The van der Waals surface area contributed by atoms with Crippen LogP contribution in [0.3, 0.4) is 0 Å². The van der Waals surface area contributed by atoms with Gasteiger partial charge in [0.15, 0.2) is 0 Å². The maximum atomic E-state index is 11.1. The van der Waals surface area contributed by atoms with E-state index in [9.17, 15) is 10.1 Å². The summed E-state index contributed by atoms with van der Waals surface area (Å²) in [6.45, 7) is 2.06. The van der Waals surface area contributed by atoms with Crippen molar-refractivity contribution >= 4 is 21.6 Å². The van der Waals surface area contributed by atoms with E-state index >= 15 is 0 Å². The Morgan fingerprint density at radius 1 is 1.12 bits per heavy atom. The molecular formula is C20H21BrN2O2. The number of rotatable bonds is 3. The molecule has 2 atom stereocenters. The Hall–Kier alpha value is -1.72. The zero-order chi connectivity index (χ0) is 17.4. The molecule has 5 rings (SSSR count). The number of nitrogens with zero attached hydrogens (tertiary/aromatic N) is 2. The summed E-state index contributed by atoms with van der Waals surface area (Å²) in [7, 11) is 0. The van der Waals surface area contributed by atoms with Gasteiger partial charge in [-0.3, -0.25) is 15.0 Å². The van der Waals surface area contributed by atoms with Crippen LogP contribution in [-0.2, 0) is 19.4 Å². The highest BCUT2D eigenvalue weighted by Crippen LogP contribution is 2.34. The topological polar surface area (TPSA) is 46.4 Å². The molecule has 0 amide bonds. The lowest BCUT2D eigenvalue weighted by Gasteiger charge is -2.42. The summed E-state index contributed by atoms with van der Waals surface area (Å²) in [5.41, 5.74) is 4.04. The Morgan fingerprint density at radius 3 is 2.80 bits per heavy atom. The summed E-state index contributed by atoms with van der Waals surface area (Å²) in [4.78, 5) is 13.4. The predicted octanol–water partition coefficient (Wildman–Crippen LogP) is 4.74. The minimum Gasteiger partial charge on any atom is -0.296 e. The number of halogens is 1. The molecule has 2 unspecified atom stereocenters. The first-order valence-electron chi connectivity index (χ1n) is 8.83. The number of hydrogen-bond acceptors (Lipinski definition) is 3. The van der Waals surface area contributed by atoms with Gasteiger partial charge in [0.1, 0.15) is 0 Å². The summed E-state index contributed by atoms with van der Waals surface area (Å²) < 4.78 is 1.12. The molecule has 25 heavy (non-hydrogen) atoms. The van der Waals surface area contributed by atoms with Crippen LogP contribution < -0.4 is 0 Å². The Kier molecular flexibility index (Phi) is 4.61. The van der Waals surface area contributed by atoms with Gasteiger partial charge in [-0.25, -0.2) is 0 Å². The lowest BCUT2D eigenvalue weighted by atomic mass is 9.80. The van der Waals surface area contributed by atoms with Crippen LogP contribution in [0.5, 0.6) is 0 Å². The third-order valence-electron chi connectivity index (χ3n) is 5.56. The molecule has 3 aliphatic rings. The Balaban J connectivity index is 1.59. The highest BCUT2D eigenvalue weighted by Gasteiger charge is 2.32. The van der Waals surface area contributed by atoms with E-state index in [0.717, 1.165) is 30.4 Å². The maximum absolute atomic E-state index is 11.1. The van der Waals surface area contributed by atoms with E-state index < -0.39 is 0 Å². The summed E-state index contributed by atoms with van der Waals surface area (Å²) in [6.07, 6.45) is 4.39. The standard InChI is InChI=1S/C20H21BrN2O2/c21-18-3-1-2-14(9-18)12-22-13-15-4-6-19(22)10-16-5-7-20(23(24)25)11-17(16)8-15/h1-3,5,7,9,11,15,19H,4,6,8,10,12-13H2. The molecular weight excluding hydrogens is 380 g/mol. The number of benzene rings is 2. The van der Waals surface area contributed by atoms with Crippen molar-refractivity contribution < 1.29 is 4.92 Å². The van der Waals surface area contributed by atoms with Crippen molar-refractivity contribution in [1.82, 2.24) is 4.90 Å². The number of nitro benzene ring substituents is 1. The maximum Gasteiger partial charge on any atom is 0.269 e. The molecule has 1 saturated heterocycles. The lowest BCUT2D eigenvalue weighted by molar-refractivity contribution is -0.384. The van der Waals surface area contributed by atoms with E-state index in [2.05, 4.69) is 45.1 Å². The van der Waals surface area contributed by atoms with Crippen molar-refractivity contribution in [3.8, 4) is 0 Å². The second-order valence-corrected chi connectivity index (χ2v) is 8.19. The molecule has 4 nitrogen and oxygen atoms in total. The van der Waals surface area contributed by atoms with Crippen LogP contribution in [0.1, 0.15) is 29.5 Å². The zero-order valence-corrected chi connectivity index (χ0v) is 15.6. The second-order valence-electron chi connectivity index (χ2n) is 7.27. The number of hydrogen-bond donors (Lipinski definition) is 0. The smallest absolute Gasteiger partial charge is 0.269 e. The highest BCUT2D eigenvalue weighted by molar-refractivity contribution is 9.10. The zero-order valence-electron chi connectivity index (χ0n) is 14.0. The average Bonchev–Trinajstić information content (AvgIpc) is 2.55. The van der Waals surface area contributed by atoms with E-state index in [4.69, 9.17) is 0 Å². The number of piperidine rings is 1. The fourth-order valence-corrected chi connectivity index (χ4v) is 4.77. The molecule has 2 heterocycles. The van der Waals surface area contributed by atoms with Crippen molar-refractivity contribution in [3.63, 3.8) is 0 Å². The normalized spacial score (nSPS) is 22.9. The second kappa shape index (κ2) is 6.89. The molecule has 2 aromatic carbocycles. The molecule has 2 bridgehead atoms. The molecule has 5 heteroatoms. The van der Waals surface area contributed by atoms with E-state index in [1.807, 2.05) is 6.07 Å². The minimum absolute atomic E-state index is 0.223. The summed E-state index contributed by atoms with van der Waals surface area (Å²) >= 11 is 3.56. The summed E-state index contributed by atoms with van der Waals surface area (Å²) in [6, 6.07) is 14.5. The average molecular weight is 401 g/mol. The van der Waals surface area contributed by atoms with Gasteiger partial charge in [0.05, 0.1) is 4.92 Å². The SMILES string of the molecule is O=[N+]([O-])c1ccc2c(c1)CC1CCC(C2)N(Cc2cccc(Br)c2)C1. The molecule has 0 saturated carbocycles. The van der Waals surface area contributed by atoms with Gasteiger partial charge >= 0.3 is 0 Å². The number of nitro groups is 1. The minimum atomic E-state index is -0.281. The molecule has 130 valence electrons. The largest absolute Gasteiger partial charge is 0.296 e. The molecule has 0 spiro atoms. The molecule has 2 aliphatic heterocycles. The fraction of sp³-hybridized carbons (Fsp3) is 0.400. The Morgan fingerprint density at radius 2 is 2.00 bits per heavy atom. The molecule has 0 N–H and O–H groups in total. The van der Waals surface area contributed by atoms with Gasteiger partial charge in [0.25, 0.3) is 5.69 Å². The summed E-state index contributed by atoms with van der Waals surface area (Å²) in [5.74, 6) is 0.587. The van der Waals surface area contributed by atoms with Crippen LogP contribution in [0.4, 0.5) is 5.69 Å². The third kappa shape index (κ3) is 3.62. The van der Waals surface area contributed by atoms with E-state index in [1.54, 1.807) is 12.1 Å². The van der Waals surface area contributed by atoms with Gasteiger partial charge < -0.3 is 0 Å². The van der Waals surface area contributed by atoms with Gasteiger partial charge in [-0.05, 0) is 60.4 Å². The van der Waals surface area contributed by atoms with Gasteiger partial charge in [-0.1, -0.05) is 34.1 Å². The predicted molar refractivity (Wildman–Crippen MR) is 102 cm³/mol. The molecule has 0 radical (unpaired) electrons. The quantitative estimate of drug-likeness (QED) is 0.552. The van der Waals surface area contributed by atoms with Crippen LogP contribution in [0.25, 0.3) is 0 Å². The summed E-state index contributed by atoms with van der Waals surface area (Å²) in [5, 5.41) is 11.1. The van der Waals surface area contributed by atoms with Crippen LogP contribution in [-0.4, -0.2) is 22.4 Å². The molecule has 0 aromatic heterocycles. The molecule has 1 aliphatic carbocycles.